The summed E-state index contributed by atoms with van der Waals surface area (Å²) in [6, 6.07) is 16.6. The fraction of sp³-hybridized carbons (Fsp3) is 0.182. The lowest BCUT2D eigenvalue weighted by molar-refractivity contribution is -0.649. The molecule has 0 aliphatic heterocycles. The fourth-order valence-corrected chi connectivity index (χ4v) is 3.35. The second-order valence-electron chi connectivity index (χ2n) is 7.23. The minimum Gasteiger partial charge on any atom is -0.350 e. The van der Waals surface area contributed by atoms with Crippen molar-refractivity contribution in [3.8, 4) is 0 Å². The van der Waals surface area contributed by atoms with E-state index in [2.05, 4.69) is 10.3 Å². The van der Waals surface area contributed by atoms with Crippen molar-refractivity contribution in [1.82, 2.24) is 14.7 Å². The van der Waals surface area contributed by atoms with Gasteiger partial charge in [0.05, 0.1) is 6.54 Å². The van der Waals surface area contributed by atoms with Gasteiger partial charge in [-0.15, -0.1) is 0 Å². The molecule has 0 aliphatic carbocycles. The molecule has 3 N–H and O–H groups in total. The van der Waals surface area contributed by atoms with E-state index >= 15 is 0 Å². The van der Waals surface area contributed by atoms with Crippen LogP contribution in [0.1, 0.15) is 29.8 Å². The van der Waals surface area contributed by atoms with E-state index in [1.165, 1.54) is 4.40 Å². The summed E-state index contributed by atoms with van der Waals surface area (Å²) in [5, 5.41) is 3.19. The number of amides is 1. The highest BCUT2D eigenvalue weighted by Crippen LogP contribution is 2.16. The number of anilines is 1. The van der Waals surface area contributed by atoms with Crippen molar-refractivity contribution in [1.29, 1.82) is 0 Å². The standard InChI is InChI=1S/C22H21N5O2/c1-14(2)24-21(28)16-12-17-20(25-18-10-6-7-11-26(18)22(17)29)27(19(16)23)13-15-8-4-3-5-9-15/h3-12,14,23H,13H2,1-2H3,(H,24,28)/p+1. The van der Waals surface area contributed by atoms with Gasteiger partial charge in [0, 0.05) is 12.2 Å². The lowest BCUT2D eigenvalue weighted by Crippen LogP contribution is -2.43. The van der Waals surface area contributed by atoms with Crippen LogP contribution >= 0.6 is 0 Å². The number of nitrogens with one attached hydrogen (secondary N) is 1. The Hall–Kier alpha value is -3.74. The predicted molar refractivity (Wildman–Crippen MR) is 112 cm³/mol. The molecule has 7 nitrogen and oxygen atoms in total. The van der Waals surface area contributed by atoms with E-state index in [1.54, 1.807) is 29.0 Å². The van der Waals surface area contributed by atoms with Crippen molar-refractivity contribution in [2.45, 2.75) is 26.4 Å². The van der Waals surface area contributed by atoms with Crippen molar-refractivity contribution in [3.05, 3.63) is 82.3 Å². The van der Waals surface area contributed by atoms with Crippen molar-refractivity contribution in [2.75, 3.05) is 5.73 Å². The summed E-state index contributed by atoms with van der Waals surface area (Å²) < 4.78 is 3.20. The van der Waals surface area contributed by atoms with Gasteiger partial charge < -0.3 is 11.1 Å². The Bertz CT molecular complexity index is 1280. The first-order valence-corrected chi connectivity index (χ1v) is 9.44. The van der Waals surface area contributed by atoms with Crippen LogP contribution in [0.2, 0.25) is 0 Å². The number of pyridine rings is 2. The molecule has 0 aliphatic rings. The number of rotatable bonds is 4. The summed E-state index contributed by atoms with van der Waals surface area (Å²) in [5.74, 6) is -0.0505. The van der Waals surface area contributed by atoms with E-state index in [1.807, 2.05) is 50.2 Å². The highest BCUT2D eigenvalue weighted by atomic mass is 16.2. The van der Waals surface area contributed by atoms with Crippen molar-refractivity contribution in [3.63, 3.8) is 0 Å². The van der Waals surface area contributed by atoms with Crippen LogP contribution in [0.4, 0.5) is 5.82 Å². The average molecular weight is 388 g/mol. The Kier molecular flexibility index (Phi) is 4.72. The van der Waals surface area contributed by atoms with Gasteiger partial charge in [-0.05, 0) is 37.6 Å². The van der Waals surface area contributed by atoms with E-state index in [9.17, 15) is 9.59 Å². The van der Waals surface area contributed by atoms with Crippen LogP contribution in [0.25, 0.3) is 16.7 Å². The Morgan fingerprint density at radius 1 is 1.17 bits per heavy atom. The highest BCUT2D eigenvalue weighted by Gasteiger charge is 2.24. The van der Waals surface area contributed by atoms with Crippen LogP contribution in [-0.4, -0.2) is 21.3 Å². The van der Waals surface area contributed by atoms with Crippen molar-refractivity contribution < 1.29 is 9.36 Å². The van der Waals surface area contributed by atoms with Crippen LogP contribution < -0.4 is 21.2 Å². The third-order valence-corrected chi connectivity index (χ3v) is 4.71. The summed E-state index contributed by atoms with van der Waals surface area (Å²) in [4.78, 5) is 30.6. The molecule has 0 unspecified atom stereocenters. The van der Waals surface area contributed by atoms with Gasteiger partial charge in [0.1, 0.15) is 10.9 Å². The zero-order valence-electron chi connectivity index (χ0n) is 16.3. The minimum absolute atomic E-state index is 0.0593. The second kappa shape index (κ2) is 7.35. The Morgan fingerprint density at radius 2 is 1.90 bits per heavy atom. The normalized spacial score (nSPS) is 11.3. The van der Waals surface area contributed by atoms with Gasteiger partial charge >= 0.3 is 0 Å². The molecule has 4 rings (SSSR count). The molecule has 146 valence electrons. The maximum atomic E-state index is 13.1. The number of nitrogen functional groups attached to an aromatic ring is 1. The van der Waals surface area contributed by atoms with E-state index in [-0.39, 0.29) is 28.9 Å². The highest BCUT2D eigenvalue weighted by molar-refractivity contribution is 6.00. The topological polar surface area (TPSA) is 93.4 Å². The number of carbonyl (C=O) groups excluding carboxylic acids is 1. The van der Waals surface area contributed by atoms with Crippen LogP contribution in [-0.2, 0) is 6.54 Å². The molecular formula is C22H22N5O2+. The Labute approximate surface area is 167 Å². The van der Waals surface area contributed by atoms with E-state index < -0.39 is 0 Å². The molecule has 4 aromatic rings. The molecule has 29 heavy (non-hydrogen) atoms. The quantitative estimate of drug-likeness (QED) is 0.412. The first-order chi connectivity index (χ1) is 14.0. The average Bonchev–Trinajstić information content (AvgIpc) is 2.70. The largest absolute Gasteiger partial charge is 0.350 e. The Morgan fingerprint density at radius 3 is 2.62 bits per heavy atom. The number of carbonyl (C=O) groups is 1. The van der Waals surface area contributed by atoms with Gasteiger partial charge in [0.15, 0.2) is 0 Å². The molecule has 0 saturated carbocycles. The summed E-state index contributed by atoms with van der Waals surface area (Å²) in [7, 11) is 0. The number of hydrogen-bond acceptors (Lipinski definition) is 4. The lowest BCUT2D eigenvalue weighted by Gasteiger charge is -2.13. The summed E-state index contributed by atoms with van der Waals surface area (Å²) in [5.41, 5.74) is 8.39. The molecule has 1 amide bonds. The van der Waals surface area contributed by atoms with Crippen LogP contribution in [0, 0.1) is 0 Å². The molecule has 7 heteroatoms. The number of benzene rings is 1. The fourth-order valence-electron chi connectivity index (χ4n) is 3.35. The van der Waals surface area contributed by atoms with E-state index in [0.717, 1.165) is 5.56 Å². The summed E-state index contributed by atoms with van der Waals surface area (Å²) >= 11 is 0. The molecule has 3 heterocycles. The van der Waals surface area contributed by atoms with Crippen LogP contribution in [0.5, 0.6) is 0 Å². The molecular weight excluding hydrogens is 366 g/mol. The molecule has 1 aromatic carbocycles. The van der Waals surface area contributed by atoms with Crippen LogP contribution in [0.15, 0.2) is 65.6 Å². The zero-order chi connectivity index (χ0) is 20.5. The first-order valence-electron chi connectivity index (χ1n) is 9.44. The maximum absolute atomic E-state index is 13.1. The number of nitrogens with two attached hydrogens (primary N) is 1. The molecule has 0 atom stereocenters. The second-order valence-corrected chi connectivity index (χ2v) is 7.23. The molecule has 0 radical (unpaired) electrons. The monoisotopic (exact) mass is 388 g/mol. The van der Waals surface area contributed by atoms with Crippen LogP contribution in [0.3, 0.4) is 0 Å². The van der Waals surface area contributed by atoms with Gasteiger partial charge in [0.25, 0.3) is 17.1 Å². The summed E-state index contributed by atoms with van der Waals surface area (Å²) in [6.45, 7) is 4.13. The molecule has 0 bridgehead atoms. The number of aromatic nitrogens is 3. The van der Waals surface area contributed by atoms with Gasteiger partial charge in [-0.3, -0.25) is 14.0 Å². The van der Waals surface area contributed by atoms with Gasteiger partial charge in [0.2, 0.25) is 11.5 Å². The van der Waals surface area contributed by atoms with Gasteiger partial charge in [-0.25, -0.2) is 4.57 Å². The third kappa shape index (κ3) is 3.42. The predicted octanol–water partition coefficient (Wildman–Crippen LogP) is 1.90. The lowest BCUT2D eigenvalue weighted by atomic mass is 10.1. The van der Waals surface area contributed by atoms with Gasteiger partial charge in [-0.1, -0.05) is 41.4 Å². The molecule has 0 fully saturated rings. The molecule has 0 saturated heterocycles. The maximum Gasteiger partial charge on any atom is 0.278 e. The number of fused-ring (bicyclic) bond motifs is 2. The zero-order valence-corrected chi connectivity index (χ0v) is 16.3. The van der Waals surface area contributed by atoms with E-state index in [0.29, 0.717) is 23.2 Å². The Balaban J connectivity index is 2.04. The molecule has 0 spiro atoms. The minimum atomic E-state index is -0.321. The first kappa shape index (κ1) is 18.6. The van der Waals surface area contributed by atoms with Crippen molar-refractivity contribution in [2.24, 2.45) is 0 Å². The summed E-state index contributed by atoms with van der Waals surface area (Å²) in [6.07, 6.45) is 1.66. The number of nitrogens with zero attached hydrogens (tertiary/aromatic N) is 3. The SMILES string of the molecule is CC(C)NC(=O)c1cc2c(=O)n3ccccc3nc2[n+](Cc2ccccc2)c1N. The third-order valence-electron chi connectivity index (χ3n) is 4.71. The van der Waals surface area contributed by atoms with Gasteiger partial charge in [-0.2, -0.15) is 0 Å². The molecule has 3 aromatic heterocycles. The smallest absolute Gasteiger partial charge is 0.278 e. The van der Waals surface area contributed by atoms with Crippen molar-refractivity contribution >= 4 is 28.4 Å². The number of hydrogen-bond donors (Lipinski definition) is 2. The van der Waals surface area contributed by atoms with E-state index in [4.69, 9.17) is 5.73 Å².